The molecular formula is C8H12FN3S. The summed E-state index contributed by atoms with van der Waals surface area (Å²) in [6.07, 6.45) is 0.589. The number of hydrogen-bond acceptors (Lipinski definition) is 4. The second kappa shape index (κ2) is 2.90. The lowest BCUT2D eigenvalue weighted by Gasteiger charge is -2.15. The van der Waals surface area contributed by atoms with Crippen LogP contribution in [-0.4, -0.2) is 29.0 Å². The Balaban J connectivity index is 2.12. The first-order valence-electron chi connectivity index (χ1n) is 4.31. The molecule has 0 saturated carbocycles. The number of halogens is 1. The van der Waals surface area contributed by atoms with E-state index < -0.39 is 5.67 Å². The highest BCUT2D eigenvalue weighted by Crippen LogP contribution is 2.30. The molecule has 1 unspecified atom stereocenters. The molecule has 0 bridgehead atoms. The zero-order chi connectivity index (χ0) is 9.47. The number of anilines is 1. The molecule has 0 N–H and O–H groups in total. The largest absolute Gasteiger partial charge is 0.343 e. The molecule has 1 aromatic rings. The molecule has 0 spiro atoms. The monoisotopic (exact) mass is 201 g/mol. The van der Waals surface area contributed by atoms with Gasteiger partial charge in [-0.25, -0.2) is 4.39 Å². The fourth-order valence-electron chi connectivity index (χ4n) is 1.50. The first kappa shape index (κ1) is 8.87. The summed E-state index contributed by atoms with van der Waals surface area (Å²) in [5.74, 6) is 0. The Morgan fingerprint density at radius 1 is 1.54 bits per heavy atom. The number of rotatable bonds is 1. The van der Waals surface area contributed by atoms with Gasteiger partial charge in [0.05, 0.1) is 6.54 Å². The van der Waals surface area contributed by atoms with E-state index in [0.29, 0.717) is 13.0 Å². The number of nitrogens with zero attached hydrogens (tertiary/aromatic N) is 3. The fraction of sp³-hybridized carbons (Fsp3) is 0.750. The summed E-state index contributed by atoms with van der Waals surface area (Å²) in [4.78, 5) is 1.96. The van der Waals surface area contributed by atoms with Gasteiger partial charge in [-0.05, 0) is 13.8 Å². The van der Waals surface area contributed by atoms with E-state index in [1.54, 1.807) is 6.92 Å². The lowest BCUT2D eigenvalue weighted by atomic mass is 10.1. The van der Waals surface area contributed by atoms with Crippen molar-refractivity contribution in [1.82, 2.24) is 10.2 Å². The van der Waals surface area contributed by atoms with Crippen molar-refractivity contribution < 1.29 is 4.39 Å². The van der Waals surface area contributed by atoms with Gasteiger partial charge in [0.15, 0.2) is 0 Å². The van der Waals surface area contributed by atoms with Crippen molar-refractivity contribution in [2.45, 2.75) is 25.9 Å². The van der Waals surface area contributed by atoms with E-state index in [2.05, 4.69) is 10.2 Å². The molecule has 3 nitrogen and oxygen atoms in total. The zero-order valence-electron chi connectivity index (χ0n) is 7.75. The van der Waals surface area contributed by atoms with E-state index in [0.717, 1.165) is 16.7 Å². The molecule has 1 saturated heterocycles. The molecular weight excluding hydrogens is 189 g/mol. The van der Waals surface area contributed by atoms with Gasteiger partial charge < -0.3 is 4.90 Å². The first-order chi connectivity index (χ1) is 6.07. The second-order valence-electron chi connectivity index (χ2n) is 3.69. The Morgan fingerprint density at radius 3 is 2.77 bits per heavy atom. The number of hydrogen-bond donors (Lipinski definition) is 0. The van der Waals surface area contributed by atoms with E-state index >= 15 is 0 Å². The van der Waals surface area contributed by atoms with E-state index in [1.807, 2.05) is 11.8 Å². The Labute approximate surface area is 80.6 Å². The minimum atomic E-state index is -1.06. The molecule has 0 radical (unpaired) electrons. The van der Waals surface area contributed by atoms with Crippen LogP contribution in [0.5, 0.6) is 0 Å². The van der Waals surface area contributed by atoms with Crippen LogP contribution in [0.15, 0.2) is 0 Å². The van der Waals surface area contributed by atoms with E-state index in [-0.39, 0.29) is 0 Å². The molecule has 1 aromatic heterocycles. The van der Waals surface area contributed by atoms with Gasteiger partial charge in [0, 0.05) is 13.0 Å². The van der Waals surface area contributed by atoms with Crippen molar-refractivity contribution in [3.05, 3.63) is 5.01 Å². The standard InChI is InChI=1S/C8H12FN3S/c1-6-10-11-7(13-6)12-4-3-8(2,9)5-12/h3-5H2,1-2H3. The van der Waals surface area contributed by atoms with Gasteiger partial charge in [-0.1, -0.05) is 11.3 Å². The van der Waals surface area contributed by atoms with Gasteiger partial charge in [0.2, 0.25) is 5.13 Å². The van der Waals surface area contributed by atoms with E-state index in [4.69, 9.17) is 0 Å². The van der Waals surface area contributed by atoms with Crippen LogP contribution in [0.4, 0.5) is 9.52 Å². The molecule has 72 valence electrons. The SMILES string of the molecule is Cc1nnc(N2CCC(C)(F)C2)s1. The summed E-state index contributed by atoms with van der Waals surface area (Å²) >= 11 is 1.52. The van der Waals surface area contributed by atoms with Crippen molar-refractivity contribution in [3.8, 4) is 0 Å². The van der Waals surface area contributed by atoms with Gasteiger partial charge in [-0.3, -0.25) is 0 Å². The van der Waals surface area contributed by atoms with Crippen LogP contribution >= 0.6 is 11.3 Å². The molecule has 2 rings (SSSR count). The van der Waals surface area contributed by atoms with Crippen LogP contribution < -0.4 is 4.90 Å². The first-order valence-corrected chi connectivity index (χ1v) is 5.12. The van der Waals surface area contributed by atoms with Crippen molar-refractivity contribution in [3.63, 3.8) is 0 Å². The van der Waals surface area contributed by atoms with Crippen molar-refractivity contribution in [2.75, 3.05) is 18.0 Å². The number of aromatic nitrogens is 2. The summed E-state index contributed by atoms with van der Waals surface area (Å²) < 4.78 is 13.5. The summed E-state index contributed by atoms with van der Waals surface area (Å²) in [7, 11) is 0. The summed E-state index contributed by atoms with van der Waals surface area (Å²) in [5.41, 5.74) is -1.06. The predicted octanol–water partition coefficient (Wildman–Crippen LogP) is 1.78. The van der Waals surface area contributed by atoms with Crippen LogP contribution in [-0.2, 0) is 0 Å². The summed E-state index contributed by atoms with van der Waals surface area (Å²) in [6.45, 7) is 4.75. The average molecular weight is 201 g/mol. The highest BCUT2D eigenvalue weighted by molar-refractivity contribution is 7.15. The molecule has 0 aliphatic carbocycles. The van der Waals surface area contributed by atoms with Gasteiger partial charge >= 0.3 is 0 Å². The molecule has 2 heterocycles. The summed E-state index contributed by atoms with van der Waals surface area (Å²) in [6, 6.07) is 0. The minimum absolute atomic E-state index is 0.446. The van der Waals surface area contributed by atoms with Gasteiger partial charge in [0.1, 0.15) is 10.7 Å². The molecule has 5 heteroatoms. The van der Waals surface area contributed by atoms with E-state index in [9.17, 15) is 4.39 Å². The molecule has 1 aliphatic heterocycles. The van der Waals surface area contributed by atoms with Crippen LogP contribution in [0, 0.1) is 6.92 Å². The maximum absolute atomic E-state index is 13.5. The minimum Gasteiger partial charge on any atom is -0.343 e. The smallest absolute Gasteiger partial charge is 0.208 e. The Morgan fingerprint density at radius 2 is 2.31 bits per heavy atom. The third kappa shape index (κ3) is 1.80. The zero-order valence-corrected chi connectivity index (χ0v) is 8.57. The maximum atomic E-state index is 13.5. The molecule has 1 atom stereocenters. The van der Waals surface area contributed by atoms with Crippen LogP contribution in [0.1, 0.15) is 18.4 Å². The molecule has 0 amide bonds. The lowest BCUT2D eigenvalue weighted by Crippen LogP contribution is -2.25. The molecule has 0 aromatic carbocycles. The normalized spacial score (nSPS) is 28.4. The number of aryl methyl sites for hydroxylation is 1. The third-order valence-corrected chi connectivity index (χ3v) is 3.11. The van der Waals surface area contributed by atoms with E-state index in [1.165, 1.54) is 11.3 Å². The number of alkyl halides is 1. The highest BCUT2D eigenvalue weighted by atomic mass is 32.1. The fourth-order valence-corrected chi connectivity index (χ4v) is 2.21. The third-order valence-electron chi connectivity index (χ3n) is 2.21. The average Bonchev–Trinajstić information content (AvgIpc) is 2.56. The van der Waals surface area contributed by atoms with Crippen molar-refractivity contribution in [1.29, 1.82) is 0 Å². The van der Waals surface area contributed by atoms with Crippen molar-refractivity contribution >= 4 is 16.5 Å². The second-order valence-corrected chi connectivity index (χ2v) is 4.85. The summed E-state index contributed by atoms with van der Waals surface area (Å²) in [5, 5.41) is 9.68. The maximum Gasteiger partial charge on any atom is 0.208 e. The van der Waals surface area contributed by atoms with Crippen LogP contribution in [0.2, 0.25) is 0 Å². The van der Waals surface area contributed by atoms with Gasteiger partial charge in [0.25, 0.3) is 0 Å². The molecule has 13 heavy (non-hydrogen) atoms. The quantitative estimate of drug-likeness (QED) is 0.693. The van der Waals surface area contributed by atoms with Gasteiger partial charge in [-0.2, -0.15) is 0 Å². The van der Waals surface area contributed by atoms with Gasteiger partial charge in [-0.15, -0.1) is 10.2 Å². The lowest BCUT2D eigenvalue weighted by molar-refractivity contribution is 0.221. The molecule has 1 fully saturated rings. The predicted molar refractivity (Wildman–Crippen MR) is 51.0 cm³/mol. The Bertz CT molecular complexity index is 310. The van der Waals surface area contributed by atoms with Crippen LogP contribution in [0.3, 0.4) is 0 Å². The topological polar surface area (TPSA) is 29.0 Å². The molecule has 1 aliphatic rings. The van der Waals surface area contributed by atoms with Crippen molar-refractivity contribution in [2.24, 2.45) is 0 Å². The Hall–Kier alpha value is -0.710. The highest BCUT2D eigenvalue weighted by Gasteiger charge is 2.34. The van der Waals surface area contributed by atoms with Crippen LogP contribution in [0.25, 0.3) is 0 Å². The Kier molecular flexibility index (Phi) is 1.98.